The van der Waals surface area contributed by atoms with Gasteiger partial charge in [0.1, 0.15) is 11.5 Å². The highest BCUT2D eigenvalue weighted by molar-refractivity contribution is 5.79. The van der Waals surface area contributed by atoms with Crippen molar-refractivity contribution >= 4 is 11.6 Å². The van der Waals surface area contributed by atoms with Crippen LogP contribution >= 0.6 is 0 Å². The van der Waals surface area contributed by atoms with Crippen molar-refractivity contribution in [3.8, 4) is 22.6 Å². The highest BCUT2D eigenvalue weighted by Crippen LogP contribution is 2.34. The lowest BCUT2D eigenvalue weighted by atomic mass is 10.0. The number of ether oxygens (including phenoxy) is 2. The van der Waals surface area contributed by atoms with Gasteiger partial charge >= 0.3 is 0 Å². The van der Waals surface area contributed by atoms with Crippen LogP contribution in [0.4, 0.5) is 5.69 Å². The molecule has 0 aromatic heterocycles. The molecule has 0 atom stereocenters. The van der Waals surface area contributed by atoms with E-state index in [0.717, 1.165) is 44.3 Å². The maximum atomic E-state index is 12.5. The van der Waals surface area contributed by atoms with Gasteiger partial charge in [-0.1, -0.05) is 25.0 Å². The summed E-state index contributed by atoms with van der Waals surface area (Å²) in [6, 6.07) is 11.6. The molecule has 2 aromatic carbocycles. The van der Waals surface area contributed by atoms with E-state index in [9.17, 15) is 14.9 Å². The van der Waals surface area contributed by atoms with Gasteiger partial charge in [-0.25, -0.2) is 0 Å². The molecule has 148 valence electrons. The number of nitro groups is 1. The minimum Gasteiger partial charge on any atom is -0.497 e. The van der Waals surface area contributed by atoms with Gasteiger partial charge in [0.2, 0.25) is 0 Å². The van der Waals surface area contributed by atoms with E-state index in [1.807, 2.05) is 4.90 Å². The number of likely N-dealkylation sites (tertiary alicyclic amines) is 1. The van der Waals surface area contributed by atoms with Crippen molar-refractivity contribution in [3.05, 3.63) is 52.6 Å². The number of hydrogen-bond acceptors (Lipinski definition) is 5. The van der Waals surface area contributed by atoms with E-state index in [-0.39, 0.29) is 18.2 Å². The SMILES string of the molecule is COc1ccc(-c2cc([N+](=O)[O-])ccc2OCC(=O)N2CCCCCC2)cc1. The third-order valence-electron chi connectivity index (χ3n) is 4.88. The Bertz CT molecular complexity index is 827. The van der Waals surface area contributed by atoms with Crippen LogP contribution in [0.25, 0.3) is 11.1 Å². The molecule has 1 amide bonds. The standard InChI is InChI=1S/C21H24N2O5/c1-27-18-9-6-16(7-10-18)19-14-17(23(25)26)8-11-20(19)28-15-21(24)22-12-4-2-3-5-13-22/h6-11,14H,2-5,12-13,15H2,1H3. The molecule has 1 saturated heterocycles. The second-order valence-electron chi connectivity index (χ2n) is 6.75. The molecule has 0 radical (unpaired) electrons. The van der Waals surface area contributed by atoms with Gasteiger partial charge in [0, 0.05) is 30.8 Å². The topological polar surface area (TPSA) is 81.9 Å². The molecule has 1 aliphatic rings. The molecule has 2 aromatic rings. The second-order valence-corrected chi connectivity index (χ2v) is 6.75. The van der Waals surface area contributed by atoms with Crippen LogP contribution in [-0.2, 0) is 4.79 Å². The molecular weight excluding hydrogens is 360 g/mol. The van der Waals surface area contributed by atoms with Crippen LogP contribution in [0.1, 0.15) is 25.7 Å². The summed E-state index contributed by atoms with van der Waals surface area (Å²) in [5, 5.41) is 11.2. The van der Waals surface area contributed by atoms with Crippen molar-refractivity contribution in [2.75, 3.05) is 26.8 Å². The van der Waals surface area contributed by atoms with Crippen molar-refractivity contribution in [1.82, 2.24) is 4.90 Å². The first-order chi connectivity index (χ1) is 13.6. The normalized spacial score (nSPS) is 14.2. The molecule has 0 bridgehead atoms. The number of non-ortho nitro benzene ring substituents is 1. The van der Waals surface area contributed by atoms with E-state index in [0.29, 0.717) is 17.1 Å². The molecule has 1 fully saturated rings. The number of benzene rings is 2. The van der Waals surface area contributed by atoms with Gasteiger partial charge in [-0.05, 0) is 36.6 Å². The maximum absolute atomic E-state index is 12.5. The lowest BCUT2D eigenvalue weighted by molar-refractivity contribution is -0.384. The van der Waals surface area contributed by atoms with E-state index >= 15 is 0 Å². The van der Waals surface area contributed by atoms with Crippen LogP contribution in [0.5, 0.6) is 11.5 Å². The Morgan fingerprint density at radius 1 is 1.07 bits per heavy atom. The summed E-state index contributed by atoms with van der Waals surface area (Å²) in [7, 11) is 1.57. The number of carbonyl (C=O) groups excluding carboxylic acids is 1. The van der Waals surface area contributed by atoms with Crippen molar-refractivity contribution in [1.29, 1.82) is 0 Å². The largest absolute Gasteiger partial charge is 0.497 e. The van der Waals surface area contributed by atoms with Gasteiger partial charge in [-0.2, -0.15) is 0 Å². The number of amides is 1. The van der Waals surface area contributed by atoms with E-state index in [2.05, 4.69) is 0 Å². The maximum Gasteiger partial charge on any atom is 0.270 e. The fourth-order valence-corrected chi connectivity index (χ4v) is 3.30. The van der Waals surface area contributed by atoms with Gasteiger partial charge in [0.05, 0.1) is 12.0 Å². The minimum atomic E-state index is -0.445. The fourth-order valence-electron chi connectivity index (χ4n) is 3.30. The van der Waals surface area contributed by atoms with Crippen LogP contribution < -0.4 is 9.47 Å². The summed E-state index contributed by atoms with van der Waals surface area (Å²) in [5.41, 5.74) is 1.29. The fraction of sp³-hybridized carbons (Fsp3) is 0.381. The van der Waals surface area contributed by atoms with Crippen LogP contribution in [-0.4, -0.2) is 42.5 Å². The minimum absolute atomic E-state index is 0.0305. The lowest BCUT2D eigenvalue weighted by Crippen LogP contribution is -2.35. The molecule has 1 aliphatic heterocycles. The average molecular weight is 384 g/mol. The summed E-state index contributed by atoms with van der Waals surface area (Å²) in [5.74, 6) is 1.08. The number of hydrogen-bond donors (Lipinski definition) is 0. The average Bonchev–Trinajstić information content (AvgIpc) is 3.01. The summed E-state index contributed by atoms with van der Waals surface area (Å²) in [4.78, 5) is 25.1. The lowest BCUT2D eigenvalue weighted by Gasteiger charge is -2.21. The number of carbonyl (C=O) groups is 1. The molecule has 0 aliphatic carbocycles. The number of rotatable bonds is 6. The Hall–Kier alpha value is -3.09. The molecule has 3 rings (SSSR count). The van der Waals surface area contributed by atoms with Crippen molar-refractivity contribution < 1.29 is 19.2 Å². The van der Waals surface area contributed by atoms with Crippen LogP contribution in [0.2, 0.25) is 0 Å². The highest BCUT2D eigenvalue weighted by Gasteiger charge is 2.18. The van der Waals surface area contributed by atoms with Crippen LogP contribution in [0, 0.1) is 10.1 Å². The quantitative estimate of drug-likeness (QED) is 0.554. The smallest absolute Gasteiger partial charge is 0.270 e. The third kappa shape index (κ3) is 4.79. The van der Waals surface area contributed by atoms with Gasteiger partial charge in [-0.15, -0.1) is 0 Å². The molecule has 0 saturated carbocycles. The second kappa shape index (κ2) is 9.21. The van der Waals surface area contributed by atoms with Crippen LogP contribution in [0.3, 0.4) is 0 Å². The molecule has 1 heterocycles. The predicted molar refractivity (Wildman–Crippen MR) is 106 cm³/mol. The van der Waals surface area contributed by atoms with Crippen molar-refractivity contribution in [2.24, 2.45) is 0 Å². The third-order valence-corrected chi connectivity index (χ3v) is 4.88. The van der Waals surface area contributed by atoms with E-state index in [1.54, 1.807) is 37.4 Å². The van der Waals surface area contributed by atoms with Crippen LogP contribution in [0.15, 0.2) is 42.5 Å². The Morgan fingerprint density at radius 3 is 2.36 bits per heavy atom. The van der Waals surface area contributed by atoms with Crippen molar-refractivity contribution in [2.45, 2.75) is 25.7 Å². The molecule has 7 heteroatoms. The molecule has 0 unspecified atom stereocenters. The number of methoxy groups -OCH3 is 1. The Kier molecular flexibility index (Phi) is 6.47. The Labute approximate surface area is 164 Å². The van der Waals surface area contributed by atoms with Gasteiger partial charge in [0.15, 0.2) is 6.61 Å². The zero-order valence-electron chi connectivity index (χ0n) is 15.9. The summed E-state index contributed by atoms with van der Waals surface area (Å²) < 4.78 is 11.0. The Morgan fingerprint density at radius 2 is 1.75 bits per heavy atom. The first-order valence-electron chi connectivity index (χ1n) is 9.42. The summed E-state index contributed by atoms with van der Waals surface area (Å²) in [6.45, 7) is 1.43. The summed E-state index contributed by atoms with van der Waals surface area (Å²) in [6.07, 6.45) is 4.32. The molecule has 0 N–H and O–H groups in total. The van der Waals surface area contributed by atoms with E-state index in [4.69, 9.17) is 9.47 Å². The van der Waals surface area contributed by atoms with Gasteiger partial charge in [-0.3, -0.25) is 14.9 Å². The Balaban J connectivity index is 1.80. The monoisotopic (exact) mass is 384 g/mol. The number of nitrogens with zero attached hydrogens (tertiary/aromatic N) is 2. The first-order valence-corrected chi connectivity index (χ1v) is 9.42. The van der Waals surface area contributed by atoms with E-state index < -0.39 is 4.92 Å². The number of nitro benzene ring substituents is 1. The highest BCUT2D eigenvalue weighted by atomic mass is 16.6. The molecule has 0 spiro atoms. The van der Waals surface area contributed by atoms with Crippen molar-refractivity contribution in [3.63, 3.8) is 0 Å². The summed E-state index contributed by atoms with van der Waals surface area (Å²) >= 11 is 0. The van der Waals surface area contributed by atoms with Gasteiger partial charge in [0.25, 0.3) is 11.6 Å². The zero-order chi connectivity index (χ0) is 19.9. The molecular formula is C21H24N2O5. The molecule has 7 nitrogen and oxygen atoms in total. The first kappa shape index (κ1) is 19.7. The van der Waals surface area contributed by atoms with E-state index in [1.165, 1.54) is 12.1 Å². The molecule has 28 heavy (non-hydrogen) atoms. The zero-order valence-corrected chi connectivity index (χ0v) is 15.9. The van der Waals surface area contributed by atoms with Gasteiger partial charge < -0.3 is 14.4 Å². The predicted octanol–water partition coefficient (Wildman–Crippen LogP) is 4.05.